The number of carbonyl (C=O) groups is 2. The van der Waals surface area contributed by atoms with Gasteiger partial charge in [0, 0.05) is 50.3 Å². The lowest BCUT2D eigenvalue weighted by atomic mass is 9.60. The van der Waals surface area contributed by atoms with Crippen molar-refractivity contribution in [2.24, 2.45) is 18.4 Å². The maximum atomic E-state index is 12.2. The van der Waals surface area contributed by atoms with Crippen molar-refractivity contribution >= 4 is 34.5 Å². The van der Waals surface area contributed by atoms with Gasteiger partial charge < -0.3 is 29.9 Å². The number of likely N-dealkylation sites (tertiary alicyclic amines) is 1. The highest BCUT2D eigenvalue weighted by Gasteiger charge is 2.46. The number of piperidine rings is 2. The average Bonchev–Trinajstić information content (AvgIpc) is 3.35. The zero-order valence-electron chi connectivity index (χ0n) is 26.1. The molecule has 3 aromatic rings. The predicted molar refractivity (Wildman–Crippen MR) is 172 cm³/mol. The van der Waals surface area contributed by atoms with Gasteiger partial charge in [-0.05, 0) is 86.7 Å². The van der Waals surface area contributed by atoms with Crippen LogP contribution in [0.4, 0.5) is 16.3 Å². The zero-order valence-corrected chi connectivity index (χ0v) is 26.1. The van der Waals surface area contributed by atoms with Gasteiger partial charge in [-0.2, -0.15) is 5.10 Å². The molecule has 236 valence electrons. The van der Waals surface area contributed by atoms with E-state index in [4.69, 9.17) is 9.47 Å². The number of hydrogen-bond donors (Lipinski definition) is 2. The van der Waals surface area contributed by atoms with Crippen LogP contribution in [0.1, 0.15) is 50.5 Å². The molecule has 0 bridgehead atoms. The van der Waals surface area contributed by atoms with Crippen LogP contribution in [0.5, 0.6) is 0 Å². The van der Waals surface area contributed by atoms with E-state index < -0.39 is 0 Å². The van der Waals surface area contributed by atoms with Crippen molar-refractivity contribution in [3.05, 3.63) is 54.1 Å². The quantitative estimate of drug-likeness (QED) is 0.315. The van der Waals surface area contributed by atoms with Crippen molar-refractivity contribution in [2.75, 3.05) is 56.6 Å². The number of hydrogen-bond acceptors (Lipinski definition) is 8. The number of alkyl carbamates (subject to hydrolysis) is 1. The standard InChI is InChI=1S/C34H46N6O4/c1-38-30-20-28(8-9-29(30)32(37-38)35-15-10-31(41)43-2)40-16-11-25(12-17-40)23-39-18-13-34(14-19-39)21-27(22-34)36-33(42)44-24-26-6-4-3-5-7-26/h3-9,20,25,27H,10-19,21-24H2,1-2H3,(H,35,37)(H,36,42). The second-order valence-electron chi connectivity index (χ2n) is 13.0. The normalized spacial score (nSPS) is 19.1. The molecule has 1 aromatic heterocycles. The number of ether oxygens (including phenoxy) is 2. The summed E-state index contributed by atoms with van der Waals surface area (Å²) in [5.41, 5.74) is 3.75. The summed E-state index contributed by atoms with van der Waals surface area (Å²) < 4.78 is 12.1. The maximum absolute atomic E-state index is 12.2. The van der Waals surface area contributed by atoms with Crippen molar-refractivity contribution in [2.45, 2.75) is 57.6 Å². The number of methoxy groups -OCH3 is 1. The van der Waals surface area contributed by atoms with E-state index in [-0.39, 0.29) is 18.1 Å². The Labute approximate surface area is 260 Å². The third kappa shape index (κ3) is 7.12. The fourth-order valence-electron chi connectivity index (χ4n) is 7.33. The number of aryl methyl sites for hydroxylation is 1. The Morgan fingerprint density at radius 2 is 1.77 bits per heavy atom. The lowest BCUT2D eigenvalue weighted by Crippen LogP contribution is -2.55. The Kier molecular flexibility index (Phi) is 9.25. The van der Waals surface area contributed by atoms with Crippen LogP contribution in [0.2, 0.25) is 0 Å². The maximum Gasteiger partial charge on any atom is 0.407 e. The molecule has 1 spiro atoms. The van der Waals surface area contributed by atoms with Gasteiger partial charge in [0.2, 0.25) is 0 Å². The number of esters is 1. The summed E-state index contributed by atoms with van der Waals surface area (Å²) in [4.78, 5) is 28.9. The van der Waals surface area contributed by atoms with Crippen LogP contribution in [0.3, 0.4) is 0 Å². The Morgan fingerprint density at radius 1 is 1.02 bits per heavy atom. The molecule has 10 heteroatoms. The molecule has 3 aliphatic rings. The van der Waals surface area contributed by atoms with E-state index >= 15 is 0 Å². The Hall–Kier alpha value is -3.79. The van der Waals surface area contributed by atoms with E-state index in [1.54, 1.807) is 0 Å². The van der Waals surface area contributed by atoms with Crippen LogP contribution in [-0.4, -0.2) is 79.2 Å². The Balaban J connectivity index is 0.903. The van der Waals surface area contributed by atoms with E-state index in [1.807, 2.05) is 42.1 Å². The van der Waals surface area contributed by atoms with Crippen molar-refractivity contribution < 1.29 is 19.1 Å². The molecule has 2 saturated heterocycles. The lowest BCUT2D eigenvalue weighted by Gasteiger charge is -2.52. The minimum atomic E-state index is -0.299. The predicted octanol–water partition coefficient (Wildman–Crippen LogP) is 4.94. The first kappa shape index (κ1) is 30.2. The molecule has 3 heterocycles. The molecule has 1 aliphatic carbocycles. The molecule has 2 aromatic carbocycles. The van der Waals surface area contributed by atoms with E-state index in [2.05, 4.69) is 43.7 Å². The lowest BCUT2D eigenvalue weighted by molar-refractivity contribution is -0.140. The van der Waals surface area contributed by atoms with Crippen LogP contribution in [-0.2, 0) is 27.9 Å². The number of nitrogens with one attached hydrogen (secondary N) is 2. The van der Waals surface area contributed by atoms with Gasteiger partial charge in [0.05, 0.1) is 19.0 Å². The van der Waals surface area contributed by atoms with Gasteiger partial charge >= 0.3 is 12.1 Å². The molecule has 1 saturated carbocycles. The van der Waals surface area contributed by atoms with E-state index in [1.165, 1.54) is 58.1 Å². The first-order valence-corrected chi connectivity index (χ1v) is 16.1. The Bertz CT molecular complexity index is 1420. The largest absolute Gasteiger partial charge is 0.469 e. The second kappa shape index (κ2) is 13.5. The first-order valence-electron chi connectivity index (χ1n) is 16.1. The van der Waals surface area contributed by atoms with Gasteiger partial charge in [-0.15, -0.1) is 0 Å². The van der Waals surface area contributed by atoms with Crippen molar-refractivity contribution in [3.63, 3.8) is 0 Å². The van der Waals surface area contributed by atoms with Crippen LogP contribution < -0.4 is 15.5 Å². The minimum Gasteiger partial charge on any atom is -0.469 e. The number of benzene rings is 2. The number of aromatic nitrogens is 2. The van der Waals surface area contributed by atoms with Crippen molar-refractivity contribution in [1.82, 2.24) is 20.0 Å². The molecule has 2 N–H and O–H groups in total. The van der Waals surface area contributed by atoms with Gasteiger partial charge in [0.1, 0.15) is 6.61 Å². The summed E-state index contributed by atoms with van der Waals surface area (Å²) >= 11 is 0. The van der Waals surface area contributed by atoms with Gasteiger partial charge in [0.25, 0.3) is 0 Å². The highest BCUT2D eigenvalue weighted by Crippen LogP contribution is 2.49. The van der Waals surface area contributed by atoms with Gasteiger partial charge in [-0.25, -0.2) is 4.79 Å². The summed E-state index contributed by atoms with van der Waals surface area (Å²) in [7, 11) is 3.37. The summed E-state index contributed by atoms with van der Waals surface area (Å²) in [6, 6.07) is 16.6. The summed E-state index contributed by atoms with van der Waals surface area (Å²) in [5, 5.41) is 12.1. The van der Waals surface area contributed by atoms with E-state index in [9.17, 15) is 9.59 Å². The van der Waals surface area contributed by atoms with Crippen LogP contribution in [0.25, 0.3) is 10.9 Å². The van der Waals surface area contributed by atoms with Gasteiger partial charge in [0.15, 0.2) is 5.82 Å². The van der Waals surface area contributed by atoms with Crippen molar-refractivity contribution in [3.8, 4) is 0 Å². The van der Waals surface area contributed by atoms with E-state index in [0.717, 1.165) is 54.1 Å². The van der Waals surface area contributed by atoms with Crippen LogP contribution >= 0.6 is 0 Å². The molecule has 44 heavy (non-hydrogen) atoms. The smallest absolute Gasteiger partial charge is 0.407 e. The third-order valence-electron chi connectivity index (χ3n) is 9.99. The molecule has 6 rings (SSSR count). The summed E-state index contributed by atoms with van der Waals surface area (Å²) in [5.74, 6) is 1.31. The number of nitrogens with zero attached hydrogens (tertiary/aromatic N) is 4. The number of amides is 1. The third-order valence-corrected chi connectivity index (χ3v) is 9.99. The number of carbonyl (C=O) groups excluding carboxylic acids is 2. The fourth-order valence-corrected chi connectivity index (χ4v) is 7.33. The number of rotatable bonds is 10. The molecule has 10 nitrogen and oxygen atoms in total. The zero-order chi connectivity index (χ0) is 30.5. The SMILES string of the molecule is COC(=O)CCNc1nn(C)c2cc(N3CCC(CN4CCC5(CC4)CC(NC(=O)OCc4ccccc4)C5)CC3)ccc12. The molecule has 0 radical (unpaired) electrons. The fraction of sp³-hybridized carbons (Fsp3) is 0.559. The average molecular weight is 603 g/mol. The summed E-state index contributed by atoms with van der Waals surface area (Å²) in [6.07, 6.45) is 7.04. The Morgan fingerprint density at radius 3 is 2.50 bits per heavy atom. The second-order valence-corrected chi connectivity index (χ2v) is 13.0. The highest BCUT2D eigenvalue weighted by atomic mass is 16.5. The van der Waals surface area contributed by atoms with Gasteiger partial charge in [-0.3, -0.25) is 9.48 Å². The molecule has 3 fully saturated rings. The first-order chi connectivity index (χ1) is 21.4. The molecule has 0 atom stereocenters. The molecule has 2 aliphatic heterocycles. The van der Waals surface area contributed by atoms with E-state index in [0.29, 0.717) is 25.0 Å². The summed E-state index contributed by atoms with van der Waals surface area (Å²) in [6.45, 7) is 6.48. The van der Waals surface area contributed by atoms with Crippen LogP contribution in [0, 0.1) is 11.3 Å². The molecule has 0 unspecified atom stereocenters. The number of fused-ring (bicyclic) bond motifs is 1. The molecular formula is C34H46N6O4. The number of anilines is 2. The molecule has 1 amide bonds. The topological polar surface area (TPSA) is 101 Å². The molecular weight excluding hydrogens is 556 g/mol. The van der Waals surface area contributed by atoms with Crippen molar-refractivity contribution in [1.29, 1.82) is 0 Å². The van der Waals surface area contributed by atoms with Crippen LogP contribution in [0.15, 0.2) is 48.5 Å². The minimum absolute atomic E-state index is 0.229. The monoisotopic (exact) mass is 602 g/mol. The highest BCUT2D eigenvalue weighted by molar-refractivity contribution is 5.92. The van der Waals surface area contributed by atoms with Gasteiger partial charge in [-0.1, -0.05) is 30.3 Å².